The fourth-order valence-corrected chi connectivity index (χ4v) is 4.19. The van der Waals surface area contributed by atoms with Crippen LogP contribution in [0.2, 0.25) is 0 Å². The summed E-state index contributed by atoms with van der Waals surface area (Å²) in [7, 11) is -3.43. The third-order valence-corrected chi connectivity index (χ3v) is 7.15. The summed E-state index contributed by atoms with van der Waals surface area (Å²) in [5.74, 6) is 0. The van der Waals surface area contributed by atoms with E-state index in [0.29, 0.717) is 12.6 Å². The SMILES string of the molecule is CCC1CN(c2ccc(S(=O)(=O)C(C)(C)C)nc2)CCN1CC(C)O. The van der Waals surface area contributed by atoms with E-state index in [4.69, 9.17) is 0 Å². The zero-order valence-electron chi connectivity index (χ0n) is 15.9. The van der Waals surface area contributed by atoms with Gasteiger partial charge in [-0.3, -0.25) is 4.90 Å². The van der Waals surface area contributed by atoms with Crippen molar-refractivity contribution in [2.75, 3.05) is 31.1 Å². The van der Waals surface area contributed by atoms with Gasteiger partial charge in [0.1, 0.15) is 0 Å². The van der Waals surface area contributed by atoms with Gasteiger partial charge in [-0.15, -0.1) is 0 Å². The standard InChI is InChI=1S/C18H31N3O3S/c1-6-15-13-21(10-9-20(15)12-14(2)22)16-7-8-17(19-11-16)25(23,24)18(3,4)5/h7-8,11,14-15,22H,6,9-10,12-13H2,1-5H3. The van der Waals surface area contributed by atoms with Crippen molar-refractivity contribution >= 4 is 15.5 Å². The Labute approximate surface area is 151 Å². The van der Waals surface area contributed by atoms with E-state index in [1.54, 1.807) is 33.0 Å². The van der Waals surface area contributed by atoms with Crippen molar-refractivity contribution in [3.8, 4) is 0 Å². The van der Waals surface area contributed by atoms with Crippen LogP contribution in [0.4, 0.5) is 5.69 Å². The van der Waals surface area contributed by atoms with Crippen molar-refractivity contribution < 1.29 is 13.5 Å². The molecule has 1 fully saturated rings. The quantitative estimate of drug-likeness (QED) is 0.855. The third-order valence-electron chi connectivity index (χ3n) is 4.74. The van der Waals surface area contributed by atoms with Gasteiger partial charge < -0.3 is 10.0 Å². The van der Waals surface area contributed by atoms with Crippen LogP contribution in [0, 0.1) is 0 Å². The number of aromatic nitrogens is 1. The zero-order chi connectivity index (χ0) is 18.8. The fourth-order valence-electron chi connectivity index (χ4n) is 3.13. The maximum Gasteiger partial charge on any atom is 0.200 e. The van der Waals surface area contributed by atoms with Gasteiger partial charge in [-0.2, -0.15) is 0 Å². The monoisotopic (exact) mass is 369 g/mol. The second kappa shape index (κ2) is 7.60. The van der Waals surface area contributed by atoms with E-state index in [-0.39, 0.29) is 11.1 Å². The molecule has 1 aliphatic heterocycles. The first-order valence-corrected chi connectivity index (χ1v) is 10.4. The number of β-amino-alcohol motifs (C(OH)–C–C–N with tert-alkyl or cyclic N) is 1. The van der Waals surface area contributed by atoms with Crippen LogP contribution >= 0.6 is 0 Å². The average Bonchev–Trinajstić information content (AvgIpc) is 2.54. The number of aliphatic hydroxyl groups excluding tert-OH is 1. The van der Waals surface area contributed by atoms with Gasteiger partial charge in [0, 0.05) is 32.2 Å². The van der Waals surface area contributed by atoms with E-state index in [1.165, 1.54) is 0 Å². The summed E-state index contributed by atoms with van der Waals surface area (Å²) in [6.45, 7) is 12.3. The molecule has 2 rings (SSSR count). The summed E-state index contributed by atoms with van der Waals surface area (Å²) in [5, 5.41) is 9.78. The Bertz CT molecular complexity index is 666. The van der Waals surface area contributed by atoms with Crippen molar-refractivity contribution in [2.45, 2.75) is 63.0 Å². The number of pyridine rings is 1. The lowest BCUT2D eigenvalue weighted by atomic mass is 10.1. The number of hydrogen-bond acceptors (Lipinski definition) is 6. The number of hydrogen-bond donors (Lipinski definition) is 1. The van der Waals surface area contributed by atoms with Crippen molar-refractivity contribution in [3.63, 3.8) is 0 Å². The molecule has 142 valence electrons. The van der Waals surface area contributed by atoms with E-state index >= 15 is 0 Å². The highest BCUT2D eigenvalue weighted by Gasteiger charge is 2.32. The molecule has 2 atom stereocenters. The summed E-state index contributed by atoms with van der Waals surface area (Å²) < 4.78 is 24.1. The molecule has 1 saturated heterocycles. The fraction of sp³-hybridized carbons (Fsp3) is 0.722. The topological polar surface area (TPSA) is 73.7 Å². The molecule has 0 saturated carbocycles. The minimum absolute atomic E-state index is 0.128. The van der Waals surface area contributed by atoms with Gasteiger partial charge in [0.05, 0.1) is 22.7 Å². The number of nitrogens with zero attached hydrogens (tertiary/aromatic N) is 3. The summed E-state index contributed by atoms with van der Waals surface area (Å²) in [6.07, 6.45) is 2.34. The Morgan fingerprint density at radius 2 is 2.00 bits per heavy atom. The number of sulfone groups is 1. The van der Waals surface area contributed by atoms with Crippen LogP contribution in [0.3, 0.4) is 0 Å². The Morgan fingerprint density at radius 1 is 1.32 bits per heavy atom. The van der Waals surface area contributed by atoms with Gasteiger partial charge in [-0.05, 0) is 46.2 Å². The van der Waals surface area contributed by atoms with E-state index in [0.717, 1.165) is 31.7 Å². The largest absolute Gasteiger partial charge is 0.392 e. The van der Waals surface area contributed by atoms with Gasteiger partial charge in [0.25, 0.3) is 0 Å². The van der Waals surface area contributed by atoms with E-state index in [2.05, 4.69) is 21.7 Å². The van der Waals surface area contributed by atoms with Gasteiger partial charge in [-0.1, -0.05) is 6.92 Å². The molecule has 0 spiro atoms. The van der Waals surface area contributed by atoms with Crippen molar-refractivity contribution in [1.82, 2.24) is 9.88 Å². The molecule has 2 heterocycles. The maximum atomic E-state index is 12.5. The van der Waals surface area contributed by atoms with Crippen LogP contribution in [-0.2, 0) is 9.84 Å². The second-order valence-electron chi connectivity index (χ2n) is 7.82. The summed E-state index contributed by atoms with van der Waals surface area (Å²) in [6, 6.07) is 3.84. The van der Waals surface area contributed by atoms with Crippen LogP contribution < -0.4 is 4.90 Å². The molecule has 0 aromatic carbocycles. The minimum Gasteiger partial charge on any atom is -0.392 e. The molecule has 2 unspecified atom stereocenters. The first kappa shape index (κ1) is 20.1. The van der Waals surface area contributed by atoms with Crippen LogP contribution in [0.25, 0.3) is 0 Å². The van der Waals surface area contributed by atoms with Crippen LogP contribution in [0.5, 0.6) is 0 Å². The summed E-state index contributed by atoms with van der Waals surface area (Å²) in [5.41, 5.74) is 0.947. The van der Waals surface area contributed by atoms with Gasteiger partial charge >= 0.3 is 0 Å². The van der Waals surface area contributed by atoms with Crippen molar-refractivity contribution in [2.24, 2.45) is 0 Å². The molecule has 0 aliphatic carbocycles. The van der Waals surface area contributed by atoms with E-state index < -0.39 is 14.6 Å². The maximum absolute atomic E-state index is 12.5. The highest BCUT2D eigenvalue weighted by atomic mass is 32.2. The number of piperazine rings is 1. The van der Waals surface area contributed by atoms with Crippen LogP contribution in [0.15, 0.2) is 23.4 Å². The number of rotatable bonds is 5. The number of aliphatic hydroxyl groups is 1. The lowest BCUT2D eigenvalue weighted by molar-refractivity contribution is 0.0885. The minimum atomic E-state index is -3.43. The molecular weight excluding hydrogens is 338 g/mol. The molecule has 6 nitrogen and oxygen atoms in total. The highest BCUT2D eigenvalue weighted by Crippen LogP contribution is 2.26. The van der Waals surface area contributed by atoms with Gasteiger partial charge in [0.15, 0.2) is 14.9 Å². The van der Waals surface area contributed by atoms with Gasteiger partial charge in [-0.25, -0.2) is 13.4 Å². The zero-order valence-corrected chi connectivity index (χ0v) is 16.8. The van der Waals surface area contributed by atoms with E-state index in [9.17, 15) is 13.5 Å². The molecule has 0 amide bonds. The summed E-state index contributed by atoms with van der Waals surface area (Å²) >= 11 is 0. The molecule has 25 heavy (non-hydrogen) atoms. The molecule has 1 aromatic rings. The lowest BCUT2D eigenvalue weighted by Crippen LogP contribution is -2.54. The van der Waals surface area contributed by atoms with Crippen molar-refractivity contribution in [3.05, 3.63) is 18.3 Å². The van der Waals surface area contributed by atoms with Crippen LogP contribution in [0.1, 0.15) is 41.0 Å². The Hall–Kier alpha value is -1.18. The molecular formula is C18H31N3O3S. The second-order valence-corrected chi connectivity index (χ2v) is 10.5. The smallest absolute Gasteiger partial charge is 0.200 e. The molecule has 1 aromatic heterocycles. The normalized spacial score (nSPS) is 21.4. The third kappa shape index (κ3) is 4.51. The first-order chi connectivity index (χ1) is 11.6. The predicted octanol–water partition coefficient (Wildman–Crippen LogP) is 1.94. The predicted molar refractivity (Wildman–Crippen MR) is 101 cm³/mol. The average molecular weight is 370 g/mol. The molecule has 7 heteroatoms. The lowest BCUT2D eigenvalue weighted by Gasteiger charge is -2.42. The highest BCUT2D eigenvalue weighted by molar-refractivity contribution is 7.92. The Balaban J connectivity index is 2.13. The van der Waals surface area contributed by atoms with Crippen LogP contribution in [-0.4, -0.2) is 66.5 Å². The first-order valence-electron chi connectivity index (χ1n) is 8.94. The Morgan fingerprint density at radius 3 is 2.48 bits per heavy atom. The van der Waals surface area contributed by atoms with E-state index in [1.807, 2.05) is 13.0 Å². The molecule has 0 radical (unpaired) electrons. The molecule has 1 aliphatic rings. The molecule has 0 bridgehead atoms. The van der Waals surface area contributed by atoms with Crippen molar-refractivity contribution in [1.29, 1.82) is 0 Å². The summed E-state index contributed by atoms with van der Waals surface area (Å²) in [4.78, 5) is 8.80. The van der Waals surface area contributed by atoms with Gasteiger partial charge in [0.2, 0.25) is 0 Å². The molecule has 1 N–H and O–H groups in total. The number of anilines is 1. The Kier molecular flexibility index (Phi) is 6.12.